The summed E-state index contributed by atoms with van der Waals surface area (Å²) in [6, 6.07) is 10.1. The third-order valence-corrected chi connectivity index (χ3v) is 6.39. The Morgan fingerprint density at radius 2 is 1.47 bits per heavy atom. The highest BCUT2D eigenvalue weighted by atomic mass is 16.6. The molecule has 0 N–H and O–H groups in total. The summed E-state index contributed by atoms with van der Waals surface area (Å²) in [5.41, 5.74) is 3.69. The summed E-state index contributed by atoms with van der Waals surface area (Å²) in [6.45, 7) is 14.7. The van der Waals surface area contributed by atoms with Crippen molar-refractivity contribution >= 4 is 23.1 Å². The van der Waals surface area contributed by atoms with Gasteiger partial charge in [0.05, 0.1) is 11.2 Å². The molecular weight excluding hydrogens is 454 g/mol. The van der Waals surface area contributed by atoms with Gasteiger partial charge >= 0.3 is 12.2 Å². The number of amides is 1. The maximum atomic E-state index is 13.3. The van der Waals surface area contributed by atoms with Crippen LogP contribution in [0.2, 0.25) is 0 Å². The Hall–Kier alpha value is -3.35. The zero-order chi connectivity index (χ0) is 26.3. The molecule has 1 fully saturated rings. The molecule has 0 radical (unpaired) electrons. The van der Waals surface area contributed by atoms with Crippen LogP contribution < -0.4 is 0 Å². The minimum absolute atomic E-state index is 0.247. The van der Waals surface area contributed by atoms with Crippen molar-refractivity contribution in [3.63, 3.8) is 0 Å². The molecule has 3 aromatic rings. The maximum absolute atomic E-state index is 13.3. The fourth-order valence-corrected chi connectivity index (χ4v) is 4.79. The van der Waals surface area contributed by atoms with Gasteiger partial charge < -0.3 is 14.4 Å². The van der Waals surface area contributed by atoms with Crippen LogP contribution in [0.25, 0.3) is 22.2 Å². The monoisotopic (exact) mass is 491 g/mol. The quantitative estimate of drug-likeness (QED) is 0.389. The largest absolute Gasteiger partial charge is 0.444 e. The molecule has 1 saturated heterocycles. The molecule has 0 unspecified atom stereocenters. The number of likely N-dealkylation sites (tertiary alicyclic amines) is 1. The second-order valence-corrected chi connectivity index (χ2v) is 11.5. The van der Waals surface area contributed by atoms with Gasteiger partial charge in [0.15, 0.2) is 0 Å². The number of hydrogen-bond donors (Lipinski definition) is 0. The molecular formula is C29H37N3O4. The van der Waals surface area contributed by atoms with Gasteiger partial charge in [-0.05, 0) is 103 Å². The number of aryl methyl sites for hydroxylation is 1. The SMILES string of the molecule is Cc1c(-c2ccncc2)n(C(=O)OC(C)(C)C)c2ccc(C3CCN(C(=O)OC(C)(C)C)CC3)cc12. The predicted octanol–water partition coefficient (Wildman–Crippen LogP) is 6.91. The third-order valence-electron chi connectivity index (χ3n) is 6.39. The van der Waals surface area contributed by atoms with E-state index >= 15 is 0 Å². The van der Waals surface area contributed by atoms with Crippen LogP contribution in [0.5, 0.6) is 0 Å². The predicted molar refractivity (Wildman–Crippen MR) is 141 cm³/mol. The smallest absolute Gasteiger partial charge is 0.419 e. The lowest BCUT2D eigenvalue weighted by Crippen LogP contribution is -2.41. The molecule has 0 spiro atoms. The molecule has 1 amide bonds. The van der Waals surface area contributed by atoms with Gasteiger partial charge in [-0.1, -0.05) is 6.07 Å². The Morgan fingerprint density at radius 3 is 2.06 bits per heavy atom. The Kier molecular flexibility index (Phi) is 6.86. The molecule has 0 bridgehead atoms. The minimum Gasteiger partial charge on any atom is -0.444 e. The van der Waals surface area contributed by atoms with Gasteiger partial charge in [0.1, 0.15) is 11.2 Å². The summed E-state index contributed by atoms with van der Waals surface area (Å²) in [5, 5.41) is 1.03. The molecule has 0 aliphatic carbocycles. The molecule has 36 heavy (non-hydrogen) atoms. The normalized spacial score (nSPS) is 15.2. The number of nitrogens with zero attached hydrogens (tertiary/aromatic N) is 3. The fourth-order valence-electron chi connectivity index (χ4n) is 4.79. The standard InChI is InChI=1S/C29H37N3O4/c1-19-23-18-22(20-12-16-31(17-13-20)26(33)35-28(2,3)4)8-9-24(23)32(27(34)36-29(5,6)7)25(19)21-10-14-30-15-11-21/h8-11,14-15,18,20H,12-13,16-17H2,1-7H3. The van der Waals surface area contributed by atoms with E-state index < -0.39 is 17.3 Å². The van der Waals surface area contributed by atoms with Crippen molar-refractivity contribution in [3.8, 4) is 11.3 Å². The van der Waals surface area contributed by atoms with E-state index in [2.05, 4.69) is 17.1 Å². The molecule has 3 heterocycles. The van der Waals surface area contributed by atoms with Crippen molar-refractivity contribution in [3.05, 3.63) is 53.9 Å². The molecule has 1 aliphatic heterocycles. The van der Waals surface area contributed by atoms with Crippen molar-refractivity contribution in [1.29, 1.82) is 0 Å². The van der Waals surface area contributed by atoms with E-state index in [1.54, 1.807) is 21.9 Å². The number of pyridine rings is 1. The van der Waals surface area contributed by atoms with Crippen LogP contribution in [0.3, 0.4) is 0 Å². The van der Waals surface area contributed by atoms with Gasteiger partial charge in [-0.25, -0.2) is 14.2 Å². The average molecular weight is 492 g/mol. The zero-order valence-corrected chi connectivity index (χ0v) is 22.4. The molecule has 4 rings (SSSR count). The number of rotatable bonds is 2. The maximum Gasteiger partial charge on any atom is 0.419 e. The molecule has 192 valence electrons. The Labute approximate surface area is 213 Å². The number of carbonyl (C=O) groups is 2. The number of ether oxygens (including phenoxy) is 2. The van der Waals surface area contributed by atoms with E-state index in [1.165, 1.54) is 5.56 Å². The van der Waals surface area contributed by atoms with Gasteiger partial charge in [-0.15, -0.1) is 0 Å². The molecule has 7 nitrogen and oxygen atoms in total. The zero-order valence-electron chi connectivity index (χ0n) is 22.4. The highest BCUT2D eigenvalue weighted by molar-refractivity contribution is 5.99. The van der Waals surface area contributed by atoms with E-state index in [4.69, 9.17) is 9.47 Å². The van der Waals surface area contributed by atoms with Gasteiger partial charge in [0, 0.05) is 36.4 Å². The summed E-state index contributed by atoms with van der Waals surface area (Å²) >= 11 is 0. The van der Waals surface area contributed by atoms with Crippen molar-refractivity contribution in [2.24, 2.45) is 0 Å². The number of carbonyl (C=O) groups excluding carboxylic acids is 2. The van der Waals surface area contributed by atoms with Crippen LogP contribution >= 0.6 is 0 Å². The van der Waals surface area contributed by atoms with Crippen LogP contribution in [-0.2, 0) is 9.47 Å². The summed E-state index contributed by atoms with van der Waals surface area (Å²) in [4.78, 5) is 31.7. The third kappa shape index (κ3) is 5.55. The van der Waals surface area contributed by atoms with Gasteiger partial charge in [-0.2, -0.15) is 0 Å². The lowest BCUT2D eigenvalue weighted by molar-refractivity contribution is 0.0204. The highest BCUT2D eigenvalue weighted by Gasteiger charge is 2.29. The molecule has 2 aromatic heterocycles. The first-order valence-corrected chi connectivity index (χ1v) is 12.6. The molecule has 7 heteroatoms. The fraction of sp³-hybridized carbons (Fsp3) is 0.483. The van der Waals surface area contributed by atoms with E-state index in [-0.39, 0.29) is 6.09 Å². The number of aromatic nitrogens is 2. The van der Waals surface area contributed by atoms with Crippen LogP contribution in [0, 0.1) is 6.92 Å². The van der Waals surface area contributed by atoms with Crippen LogP contribution in [-0.4, -0.2) is 50.9 Å². The Morgan fingerprint density at radius 1 is 0.889 bits per heavy atom. The van der Waals surface area contributed by atoms with Gasteiger partial charge in [0.25, 0.3) is 0 Å². The Bertz CT molecular complexity index is 1260. The number of benzene rings is 1. The van der Waals surface area contributed by atoms with Crippen LogP contribution in [0.1, 0.15) is 71.4 Å². The minimum atomic E-state index is -0.612. The number of fused-ring (bicyclic) bond motifs is 1. The average Bonchev–Trinajstić information content (AvgIpc) is 3.09. The lowest BCUT2D eigenvalue weighted by atomic mass is 9.88. The van der Waals surface area contributed by atoms with Crippen molar-refractivity contribution in [2.45, 2.75) is 78.4 Å². The molecule has 0 atom stereocenters. The summed E-state index contributed by atoms with van der Waals surface area (Å²) < 4.78 is 13.0. The summed E-state index contributed by atoms with van der Waals surface area (Å²) in [6.07, 6.45) is 4.56. The van der Waals surface area contributed by atoms with Gasteiger partial charge in [-0.3, -0.25) is 4.98 Å². The van der Waals surface area contributed by atoms with Crippen LogP contribution in [0.15, 0.2) is 42.7 Å². The van der Waals surface area contributed by atoms with Crippen molar-refractivity contribution in [1.82, 2.24) is 14.5 Å². The van der Waals surface area contributed by atoms with E-state index in [1.807, 2.05) is 66.7 Å². The molecule has 0 saturated carbocycles. The summed E-state index contributed by atoms with van der Waals surface area (Å²) in [7, 11) is 0. The lowest BCUT2D eigenvalue weighted by Gasteiger charge is -2.33. The first kappa shape index (κ1) is 25.7. The number of piperidine rings is 1. The van der Waals surface area contributed by atoms with E-state index in [9.17, 15) is 9.59 Å². The number of hydrogen-bond acceptors (Lipinski definition) is 5. The Balaban J connectivity index is 1.67. The second-order valence-electron chi connectivity index (χ2n) is 11.5. The van der Waals surface area contributed by atoms with E-state index in [0.29, 0.717) is 19.0 Å². The van der Waals surface area contributed by atoms with Crippen molar-refractivity contribution in [2.75, 3.05) is 13.1 Å². The first-order valence-electron chi connectivity index (χ1n) is 12.6. The summed E-state index contributed by atoms with van der Waals surface area (Å²) in [5.74, 6) is 0.335. The first-order chi connectivity index (χ1) is 16.8. The van der Waals surface area contributed by atoms with Crippen molar-refractivity contribution < 1.29 is 19.1 Å². The van der Waals surface area contributed by atoms with Crippen LogP contribution in [0.4, 0.5) is 9.59 Å². The second kappa shape index (κ2) is 9.60. The molecule has 1 aliphatic rings. The van der Waals surface area contributed by atoms with E-state index in [0.717, 1.165) is 40.6 Å². The topological polar surface area (TPSA) is 73.7 Å². The van der Waals surface area contributed by atoms with Gasteiger partial charge in [0.2, 0.25) is 0 Å². The molecule has 1 aromatic carbocycles. The highest BCUT2D eigenvalue weighted by Crippen LogP contribution is 2.37.